The van der Waals surface area contributed by atoms with Crippen LogP contribution in [-0.4, -0.2) is 17.2 Å². The zero-order valence-corrected chi connectivity index (χ0v) is 15.7. The fraction of sp³-hybridized carbons (Fsp3) is 0.950. The number of hydrogen-bond donors (Lipinski definition) is 2. The normalized spacial score (nSPS) is 12.3. The molecule has 0 saturated carbocycles. The molecule has 138 valence electrons. The molecule has 1 amide bonds. The monoisotopic (exact) mass is 327 g/mol. The summed E-state index contributed by atoms with van der Waals surface area (Å²) in [5.74, 6) is 0. The predicted octanol–water partition coefficient (Wildman–Crippen LogP) is 6.90. The maximum atomic E-state index is 10.6. The van der Waals surface area contributed by atoms with Crippen LogP contribution < -0.4 is 5.32 Å². The highest BCUT2D eigenvalue weighted by molar-refractivity contribution is 5.64. The Balaban J connectivity index is 3.17. The summed E-state index contributed by atoms with van der Waals surface area (Å²) in [4.78, 5) is 10.6. The lowest BCUT2D eigenvalue weighted by Gasteiger charge is -2.14. The lowest BCUT2D eigenvalue weighted by molar-refractivity contribution is 0.188. The molecule has 0 aromatic heterocycles. The van der Waals surface area contributed by atoms with Crippen molar-refractivity contribution in [1.29, 1.82) is 0 Å². The van der Waals surface area contributed by atoms with Gasteiger partial charge in [0.15, 0.2) is 0 Å². The van der Waals surface area contributed by atoms with E-state index in [-0.39, 0.29) is 6.04 Å². The second-order valence-electron chi connectivity index (χ2n) is 6.94. The van der Waals surface area contributed by atoms with Gasteiger partial charge in [0.25, 0.3) is 0 Å². The first-order chi connectivity index (χ1) is 11.2. The SMILES string of the molecule is CCCCCCCCCCCCCCCCC(CC)NC(=O)O. The van der Waals surface area contributed by atoms with Crippen molar-refractivity contribution in [2.24, 2.45) is 0 Å². The molecule has 0 aliphatic heterocycles. The molecule has 0 aliphatic carbocycles. The Hall–Kier alpha value is -0.730. The van der Waals surface area contributed by atoms with E-state index in [2.05, 4.69) is 12.2 Å². The first kappa shape index (κ1) is 22.3. The molecule has 0 rings (SSSR count). The van der Waals surface area contributed by atoms with Gasteiger partial charge in [-0.15, -0.1) is 0 Å². The molecule has 0 fully saturated rings. The topological polar surface area (TPSA) is 49.3 Å². The van der Waals surface area contributed by atoms with Crippen molar-refractivity contribution in [2.75, 3.05) is 0 Å². The Morgan fingerprint density at radius 1 is 0.739 bits per heavy atom. The third-order valence-corrected chi connectivity index (χ3v) is 4.73. The highest BCUT2D eigenvalue weighted by atomic mass is 16.4. The standard InChI is InChI=1S/C20H41NO2/c1-3-5-6-7-8-9-10-11-12-13-14-15-16-17-18-19(4-2)21-20(22)23/h19,21H,3-18H2,1-2H3,(H,22,23). The van der Waals surface area contributed by atoms with Gasteiger partial charge in [-0.25, -0.2) is 4.79 Å². The molecule has 0 aromatic carbocycles. The van der Waals surface area contributed by atoms with E-state index in [1.54, 1.807) is 0 Å². The van der Waals surface area contributed by atoms with Crippen molar-refractivity contribution in [3.8, 4) is 0 Å². The smallest absolute Gasteiger partial charge is 0.404 e. The first-order valence-corrected chi connectivity index (χ1v) is 10.2. The van der Waals surface area contributed by atoms with Crippen molar-refractivity contribution < 1.29 is 9.90 Å². The maximum Gasteiger partial charge on any atom is 0.404 e. The fourth-order valence-electron chi connectivity index (χ4n) is 3.14. The van der Waals surface area contributed by atoms with Crippen molar-refractivity contribution in [3.05, 3.63) is 0 Å². The number of carbonyl (C=O) groups is 1. The molecule has 1 unspecified atom stereocenters. The zero-order chi connectivity index (χ0) is 17.2. The summed E-state index contributed by atoms with van der Waals surface area (Å²) >= 11 is 0. The van der Waals surface area contributed by atoms with Crippen LogP contribution in [0.5, 0.6) is 0 Å². The molecule has 0 aliphatic rings. The molecule has 0 spiro atoms. The van der Waals surface area contributed by atoms with Crippen LogP contribution in [0.15, 0.2) is 0 Å². The van der Waals surface area contributed by atoms with Crippen molar-refractivity contribution in [3.63, 3.8) is 0 Å². The summed E-state index contributed by atoms with van der Waals surface area (Å²) in [7, 11) is 0. The lowest BCUT2D eigenvalue weighted by Crippen LogP contribution is -2.32. The molecule has 1 atom stereocenters. The number of nitrogens with one attached hydrogen (secondary N) is 1. The number of hydrogen-bond acceptors (Lipinski definition) is 1. The predicted molar refractivity (Wildman–Crippen MR) is 100 cm³/mol. The minimum atomic E-state index is -0.887. The quantitative estimate of drug-likeness (QED) is 0.285. The summed E-state index contributed by atoms with van der Waals surface area (Å²) in [6.07, 6.45) is 20.1. The van der Waals surface area contributed by atoms with Crippen LogP contribution in [0.1, 0.15) is 117 Å². The molecule has 2 N–H and O–H groups in total. The molecule has 3 heteroatoms. The molecule has 0 heterocycles. The van der Waals surface area contributed by atoms with Gasteiger partial charge in [0, 0.05) is 6.04 Å². The Labute approximate surface area is 144 Å². The van der Waals surface area contributed by atoms with E-state index in [9.17, 15) is 4.79 Å². The van der Waals surface area contributed by atoms with E-state index in [4.69, 9.17) is 5.11 Å². The van der Waals surface area contributed by atoms with Crippen LogP contribution in [0.25, 0.3) is 0 Å². The van der Waals surface area contributed by atoms with E-state index >= 15 is 0 Å². The zero-order valence-electron chi connectivity index (χ0n) is 15.7. The average Bonchev–Trinajstić information content (AvgIpc) is 2.53. The Bertz CT molecular complexity index is 256. The van der Waals surface area contributed by atoms with Crippen LogP contribution in [0.3, 0.4) is 0 Å². The fourth-order valence-corrected chi connectivity index (χ4v) is 3.14. The van der Waals surface area contributed by atoms with Crippen LogP contribution in [-0.2, 0) is 0 Å². The molecule has 0 bridgehead atoms. The lowest BCUT2D eigenvalue weighted by atomic mass is 10.0. The third kappa shape index (κ3) is 17.5. The summed E-state index contributed by atoms with van der Waals surface area (Å²) in [6.45, 7) is 4.32. The van der Waals surface area contributed by atoms with Gasteiger partial charge in [0.05, 0.1) is 0 Å². The van der Waals surface area contributed by atoms with Gasteiger partial charge in [-0.05, 0) is 12.8 Å². The minimum Gasteiger partial charge on any atom is -0.465 e. The van der Waals surface area contributed by atoms with Gasteiger partial charge < -0.3 is 10.4 Å². The minimum absolute atomic E-state index is 0.143. The number of rotatable bonds is 17. The summed E-state index contributed by atoms with van der Waals surface area (Å²) in [5, 5.41) is 11.3. The maximum absolute atomic E-state index is 10.6. The molecule has 23 heavy (non-hydrogen) atoms. The van der Waals surface area contributed by atoms with Gasteiger partial charge in [-0.3, -0.25) is 0 Å². The molecule has 0 aromatic rings. The van der Waals surface area contributed by atoms with Crippen molar-refractivity contribution >= 4 is 6.09 Å². The molecular weight excluding hydrogens is 286 g/mol. The number of carboxylic acid groups (broad SMARTS) is 1. The second kappa shape index (κ2) is 17.6. The largest absolute Gasteiger partial charge is 0.465 e. The van der Waals surface area contributed by atoms with Crippen LogP contribution in [0.4, 0.5) is 4.79 Å². The van der Waals surface area contributed by atoms with Gasteiger partial charge in [0.2, 0.25) is 0 Å². The van der Waals surface area contributed by atoms with E-state index in [0.29, 0.717) is 0 Å². The van der Waals surface area contributed by atoms with Gasteiger partial charge >= 0.3 is 6.09 Å². The van der Waals surface area contributed by atoms with Gasteiger partial charge in [-0.1, -0.05) is 104 Å². The Morgan fingerprint density at radius 3 is 1.48 bits per heavy atom. The summed E-state index contributed by atoms with van der Waals surface area (Å²) in [6, 6.07) is 0.143. The van der Waals surface area contributed by atoms with Crippen molar-refractivity contribution in [1.82, 2.24) is 5.32 Å². The molecule has 0 saturated heterocycles. The van der Waals surface area contributed by atoms with Crippen LogP contribution in [0.2, 0.25) is 0 Å². The molecular formula is C20H41NO2. The average molecular weight is 328 g/mol. The van der Waals surface area contributed by atoms with E-state index < -0.39 is 6.09 Å². The Morgan fingerprint density at radius 2 is 1.13 bits per heavy atom. The number of unbranched alkanes of at least 4 members (excludes halogenated alkanes) is 13. The molecule has 0 radical (unpaired) electrons. The van der Waals surface area contributed by atoms with Gasteiger partial charge in [0.1, 0.15) is 0 Å². The highest BCUT2D eigenvalue weighted by Crippen LogP contribution is 2.14. The van der Waals surface area contributed by atoms with Gasteiger partial charge in [-0.2, -0.15) is 0 Å². The first-order valence-electron chi connectivity index (χ1n) is 10.2. The van der Waals surface area contributed by atoms with E-state index in [1.165, 1.54) is 83.5 Å². The van der Waals surface area contributed by atoms with Crippen LogP contribution >= 0.6 is 0 Å². The van der Waals surface area contributed by atoms with E-state index in [0.717, 1.165) is 19.3 Å². The summed E-state index contributed by atoms with van der Waals surface area (Å²) < 4.78 is 0. The second-order valence-corrected chi connectivity index (χ2v) is 6.94. The highest BCUT2D eigenvalue weighted by Gasteiger charge is 2.07. The van der Waals surface area contributed by atoms with Crippen molar-refractivity contribution in [2.45, 2.75) is 123 Å². The summed E-state index contributed by atoms with van der Waals surface area (Å²) in [5.41, 5.74) is 0. The molecule has 3 nitrogen and oxygen atoms in total. The van der Waals surface area contributed by atoms with Crippen LogP contribution in [0, 0.1) is 0 Å². The third-order valence-electron chi connectivity index (χ3n) is 4.73. The number of amides is 1. The van der Waals surface area contributed by atoms with E-state index in [1.807, 2.05) is 6.92 Å². The Kier molecular flexibility index (Phi) is 17.1.